The number of para-hydroxylation sites is 1. The Kier molecular flexibility index (Phi) is 5.66. The molecule has 3 aromatic rings. The Morgan fingerprint density at radius 2 is 1.89 bits per heavy atom. The maximum atomic E-state index is 12.5. The third kappa shape index (κ3) is 4.61. The van der Waals surface area contributed by atoms with Crippen LogP contribution in [-0.4, -0.2) is 23.0 Å². The second-order valence-corrected chi connectivity index (χ2v) is 6.18. The molecule has 6 heteroatoms. The van der Waals surface area contributed by atoms with Crippen LogP contribution >= 0.6 is 0 Å². The van der Waals surface area contributed by atoms with E-state index in [0.717, 1.165) is 22.6 Å². The van der Waals surface area contributed by atoms with Gasteiger partial charge >= 0.3 is 0 Å². The van der Waals surface area contributed by atoms with Crippen molar-refractivity contribution in [3.63, 3.8) is 0 Å². The number of carbonyl (C=O) groups is 1. The molecule has 0 aliphatic heterocycles. The van der Waals surface area contributed by atoms with Crippen LogP contribution in [0, 0.1) is 13.8 Å². The SMILES string of the molecule is COc1ccccc1CNc1nccc(C(=O)Nc2ccc(C)c(C)c2)n1. The van der Waals surface area contributed by atoms with Crippen molar-refractivity contribution < 1.29 is 9.53 Å². The van der Waals surface area contributed by atoms with Crippen molar-refractivity contribution in [2.45, 2.75) is 20.4 Å². The highest BCUT2D eigenvalue weighted by Gasteiger charge is 2.10. The molecular weight excluding hydrogens is 340 g/mol. The summed E-state index contributed by atoms with van der Waals surface area (Å²) in [7, 11) is 1.63. The zero-order valence-electron chi connectivity index (χ0n) is 15.6. The highest BCUT2D eigenvalue weighted by Crippen LogP contribution is 2.18. The van der Waals surface area contributed by atoms with Gasteiger partial charge in [0.15, 0.2) is 0 Å². The molecule has 0 saturated heterocycles. The molecule has 3 rings (SSSR count). The van der Waals surface area contributed by atoms with E-state index in [-0.39, 0.29) is 5.91 Å². The van der Waals surface area contributed by atoms with Gasteiger partial charge in [-0.3, -0.25) is 4.79 Å². The quantitative estimate of drug-likeness (QED) is 0.694. The van der Waals surface area contributed by atoms with Gasteiger partial charge in [-0.05, 0) is 49.2 Å². The fourth-order valence-corrected chi connectivity index (χ4v) is 2.61. The molecule has 1 aromatic heterocycles. The summed E-state index contributed by atoms with van der Waals surface area (Å²) in [5.41, 5.74) is 4.32. The van der Waals surface area contributed by atoms with E-state index in [1.54, 1.807) is 19.4 Å². The topological polar surface area (TPSA) is 76.1 Å². The molecule has 0 aliphatic carbocycles. The molecule has 27 heavy (non-hydrogen) atoms. The van der Waals surface area contributed by atoms with Crippen molar-refractivity contribution in [1.29, 1.82) is 0 Å². The van der Waals surface area contributed by atoms with Crippen LogP contribution in [0.5, 0.6) is 5.75 Å². The van der Waals surface area contributed by atoms with Crippen molar-refractivity contribution in [2.24, 2.45) is 0 Å². The number of nitrogens with one attached hydrogen (secondary N) is 2. The number of methoxy groups -OCH3 is 1. The second kappa shape index (κ2) is 8.31. The third-order valence-corrected chi connectivity index (χ3v) is 4.28. The highest BCUT2D eigenvalue weighted by molar-refractivity contribution is 6.03. The summed E-state index contributed by atoms with van der Waals surface area (Å²) in [6.45, 7) is 4.53. The summed E-state index contributed by atoms with van der Waals surface area (Å²) < 4.78 is 5.34. The van der Waals surface area contributed by atoms with Gasteiger partial charge in [-0.2, -0.15) is 0 Å². The summed E-state index contributed by atoms with van der Waals surface area (Å²) in [5.74, 6) is 0.892. The molecule has 0 aliphatic rings. The number of carbonyl (C=O) groups excluding carboxylic acids is 1. The maximum absolute atomic E-state index is 12.5. The molecule has 0 saturated carbocycles. The average molecular weight is 362 g/mol. The third-order valence-electron chi connectivity index (χ3n) is 4.28. The molecular formula is C21H22N4O2. The lowest BCUT2D eigenvalue weighted by atomic mass is 10.1. The van der Waals surface area contributed by atoms with E-state index in [1.807, 2.05) is 56.3 Å². The first kappa shape index (κ1) is 18.4. The van der Waals surface area contributed by atoms with Crippen LogP contribution in [0.4, 0.5) is 11.6 Å². The van der Waals surface area contributed by atoms with Crippen molar-refractivity contribution in [2.75, 3.05) is 17.7 Å². The minimum Gasteiger partial charge on any atom is -0.496 e. The van der Waals surface area contributed by atoms with Crippen LogP contribution in [0.1, 0.15) is 27.2 Å². The standard InChI is InChI=1S/C21H22N4O2/c1-14-8-9-17(12-15(14)2)24-20(26)18-10-11-22-21(25-18)23-13-16-6-4-5-7-19(16)27-3/h4-12H,13H2,1-3H3,(H,24,26)(H,22,23,25). The first-order valence-electron chi connectivity index (χ1n) is 8.64. The summed E-state index contributed by atoms with van der Waals surface area (Å²) in [6, 6.07) is 15.1. The van der Waals surface area contributed by atoms with Gasteiger partial charge in [0.05, 0.1) is 7.11 Å². The van der Waals surface area contributed by atoms with E-state index < -0.39 is 0 Å². The monoisotopic (exact) mass is 362 g/mol. The van der Waals surface area contributed by atoms with Crippen LogP contribution < -0.4 is 15.4 Å². The lowest BCUT2D eigenvalue weighted by Gasteiger charge is -2.10. The maximum Gasteiger partial charge on any atom is 0.274 e. The molecule has 0 radical (unpaired) electrons. The molecule has 0 spiro atoms. The summed E-state index contributed by atoms with van der Waals surface area (Å²) in [5, 5.41) is 6.00. The summed E-state index contributed by atoms with van der Waals surface area (Å²) in [4.78, 5) is 21.0. The highest BCUT2D eigenvalue weighted by atomic mass is 16.5. The number of benzene rings is 2. The normalized spacial score (nSPS) is 10.3. The second-order valence-electron chi connectivity index (χ2n) is 6.18. The molecule has 0 unspecified atom stereocenters. The Morgan fingerprint density at radius 1 is 1.07 bits per heavy atom. The van der Waals surface area contributed by atoms with Gasteiger partial charge in [0.25, 0.3) is 5.91 Å². The minimum atomic E-state index is -0.277. The van der Waals surface area contributed by atoms with E-state index in [9.17, 15) is 4.79 Å². The number of hydrogen-bond donors (Lipinski definition) is 2. The van der Waals surface area contributed by atoms with E-state index in [0.29, 0.717) is 18.2 Å². The van der Waals surface area contributed by atoms with Crippen LogP contribution in [0.3, 0.4) is 0 Å². The minimum absolute atomic E-state index is 0.277. The number of rotatable bonds is 6. The molecule has 1 amide bonds. The summed E-state index contributed by atoms with van der Waals surface area (Å²) in [6.07, 6.45) is 1.56. The van der Waals surface area contributed by atoms with E-state index in [1.165, 1.54) is 5.56 Å². The molecule has 1 heterocycles. The smallest absolute Gasteiger partial charge is 0.274 e. The molecule has 6 nitrogen and oxygen atoms in total. The van der Waals surface area contributed by atoms with Gasteiger partial charge in [-0.25, -0.2) is 9.97 Å². The zero-order chi connectivity index (χ0) is 19.2. The van der Waals surface area contributed by atoms with Gasteiger partial charge in [-0.15, -0.1) is 0 Å². The molecule has 0 fully saturated rings. The molecule has 0 atom stereocenters. The number of aromatic nitrogens is 2. The zero-order valence-corrected chi connectivity index (χ0v) is 15.6. The van der Waals surface area contributed by atoms with Crippen molar-refractivity contribution in [1.82, 2.24) is 9.97 Å². The molecule has 2 N–H and O–H groups in total. The number of ether oxygens (including phenoxy) is 1. The predicted octanol–water partition coefficient (Wildman–Crippen LogP) is 3.97. The number of amides is 1. The first-order valence-corrected chi connectivity index (χ1v) is 8.64. The predicted molar refractivity (Wildman–Crippen MR) is 106 cm³/mol. The average Bonchev–Trinajstić information content (AvgIpc) is 2.69. The van der Waals surface area contributed by atoms with Gasteiger partial charge in [0, 0.05) is 24.0 Å². The lowest BCUT2D eigenvalue weighted by Crippen LogP contribution is -2.15. The van der Waals surface area contributed by atoms with Gasteiger partial charge in [0.2, 0.25) is 5.95 Å². The lowest BCUT2D eigenvalue weighted by molar-refractivity contribution is 0.102. The molecule has 138 valence electrons. The van der Waals surface area contributed by atoms with Crippen molar-refractivity contribution in [3.05, 3.63) is 77.1 Å². The fraction of sp³-hybridized carbons (Fsp3) is 0.190. The Morgan fingerprint density at radius 3 is 2.67 bits per heavy atom. The van der Waals surface area contributed by atoms with E-state index in [2.05, 4.69) is 20.6 Å². The fourth-order valence-electron chi connectivity index (χ4n) is 2.61. The number of aryl methyl sites for hydroxylation is 2. The summed E-state index contributed by atoms with van der Waals surface area (Å²) >= 11 is 0. The molecule has 0 bridgehead atoms. The number of anilines is 2. The molecule has 2 aromatic carbocycles. The largest absolute Gasteiger partial charge is 0.496 e. The Hall–Kier alpha value is -3.41. The number of hydrogen-bond acceptors (Lipinski definition) is 5. The van der Waals surface area contributed by atoms with Gasteiger partial charge in [-0.1, -0.05) is 24.3 Å². The Labute approximate surface area is 158 Å². The van der Waals surface area contributed by atoms with E-state index >= 15 is 0 Å². The van der Waals surface area contributed by atoms with Crippen LogP contribution in [-0.2, 0) is 6.54 Å². The van der Waals surface area contributed by atoms with E-state index in [4.69, 9.17) is 4.74 Å². The van der Waals surface area contributed by atoms with Gasteiger partial charge in [0.1, 0.15) is 11.4 Å². The Balaban J connectivity index is 1.69. The Bertz CT molecular complexity index is 956. The van der Waals surface area contributed by atoms with Crippen LogP contribution in [0.25, 0.3) is 0 Å². The number of nitrogens with zero attached hydrogens (tertiary/aromatic N) is 2. The van der Waals surface area contributed by atoms with Crippen molar-refractivity contribution >= 4 is 17.5 Å². The van der Waals surface area contributed by atoms with Crippen molar-refractivity contribution in [3.8, 4) is 5.75 Å². The van der Waals surface area contributed by atoms with Crippen LogP contribution in [0.15, 0.2) is 54.7 Å². The first-order chi connectivity index (χ1) is 13.1. The van der Waals surface area contributed by atoms with Crippen LogP contribution in [0.2, 0.25) is 0 Å². The van der Waals surface area contributed by atoms with Gasteiger partial charge < -0.3 is 15.4 Å².